The second-order valence-electron chi connectivity index (χ2n) is 8.89. The Morgan fingerprint density at radius 2 is 1.19 bits per heavy atom. The minimum atomic E-state index is -1.02. The van der Waals surface area contributed by atoms with Crippen LogP contribution < -0.4 is 4.90 Å². The SMILES string of the molecule is CC(=O)N(c1ccccc1)C(C)C(=O)O.CCCC[P+](CCCC)(CCCC)CCCC. The number of amides is 1. The summed E-state index contributed by atoms with van der Waals surface area (Å²) in [5, 5.41) is 8.87. The van der Waals surface area contributed by atoms with Gasteiger partial charge in [0.25, 0.3) is 0 Å². The molecule has 0 saturated carbocycles. The minimum Gasteiger partial charge on any atom is -0.480 e. The van der Waals surface area contributed by atoms with E-state index in [4.69, 9.17) is 5.11 Å². The van der Waals surface area contributed by atoms with E-state index in [1.807, 2.05) is 6.07 Å². The van der Waals surface area contributed by atoms with Crippen LogP contribution in [0.4, 0.5) is 5.69 Å². The van der Waals surface area contributed by atoms with E-state index in [1.165, 1.54) is 70.1 Å². The van der Waals surface area contributed by atoms with E-state index in [0.29, 0.717) is 5.69 Å². The third kappa shape index (κ3) is 12.0. The quantitative estimate of drug-likeness (QED) is 0.269. The maximum atomic E-state index is 11.4. The number of para-hydroxylation sites is 1. The number of carboxylic acid groups (broad SMARTS) is 1. The second kappa shape index (κ2) is 18.1. The highest BCUT2D eigenvalue weighted by Gasteiger charge is 2.34. The highest BCUT2D eigenvalue weighted by atomic mass is 31.2. The van der Waals surface area contributed by atoms with Crippen LogP contribution in [0, 0.1) is 0 Å². The number of carbonyl (C=O) groups excluding carboxylic acids is 1. The van der Waals surface area contributed by atoms with Crippen molar-refractivity contribution in [2.24, 2.45) is 0 Å². The average Bonchev–Trinajstić information content (AvgIpc) is 2.79. The molecular formula is C27H49NO3P+. The lowest BCUT2D eigenvalue weighted by Gasteiger charge is -2.28. The van der Waals surface area contributed by atoms with Gasteiger partial charge in [-0.05, 0) is 44.7 Å². The van der Waals surface area contributed by atoms with Gasteiger partial charge in [0.15, 0.2) is 0 Å². The molecule has 0 spiro atoms. The first-order valence-corrected chi connectivity index (χ1v) is 15.2. The minimum absolute atomic E-state index is 0.281. The summed E-state index contributed by atoms with van der Waals surface area (Å²) in [7, 11) is -0.562. The van der Waals surface area contributed by atoms with Crippen molar-refractivity contribution in [3.05, 3.63) is 30.3 Å². The number of aliphatic carboxylic acids is 1. The molecule has 5 heteroatoms. The summed E-state index contributed by atoms with van der Waals surface area (Å²) in [5.74, 6) is -1.30. The Bertz CT molecular complexity index is 583. The maximum Gasteiger partial charge on any atom is 0.326 e. The smallest absolute Gasteiger partial charge is 0.326 e. The van der Waals surface area contributed by atoms with Crippen LogP contribution >= 0.6 is 7.26 Å². The number of unbranched alkanes of at least 4 members (excludes halogenated alkanes) is 4. The number of benzene rings is 1. The molecule has 1 N–H and O–H groups in total. The Kier molecular flexibility index (Phi) is 17.3. The Morgan fingerprint density at radius 1 is 0.812 bits per heavy atom. The van der Waals surface area contributed by atoms with Crippen molar-refractivity contribution >= 4 is 24.8 Å². The average molecular weight is 467 g/mol. The van der Waals surface area contributed by atoms with Crippen LogP contribution in [-0.2, 0) is 9.59 Å². The van der Waals surface area contributed by atoms with Gasteiger partial charge in [0.2, 0.25) is 5.91 Å². The molecule has 184 valence electrons. The van der Waals surface area contributed by atoms with E-state index in [9.17, 15) is 9.59 Å². The second-order valence-corrected chi connectivity index (χ2v) is 13.4. The van der Waals surface area contributed by atoms with Gasteiger partial charge in [0.05, 0.1) is 24.6 Å². The summed E-state index contributed by atoms with van der Waals surface area (Å²) in [6, 6.07) is 7.90. The number of nitrogens with zero attached hydrogens (tertiary/aromatic N) is 1. The first kappa shape index (κ1) is 30.6. The van der Waals surface area contributed by atoms with Crippen molar-refractivity contribution in [1.29, 1.82) is 0 Å². The van der Waals surface area contributed by atoms with Crippen molar-refractivity contribution < 1.29 is 14.7 Å². The molecule has 32 heavy (non-hydrogen) atoms. The highest BCUT2D eigenvalue weighted by Crippen LogP contribution is 2.61. The van der Waals surface area contributed by atoms with Gasteiger partial charge in [-0.2, -0.15) is 0 Å². The predicted molar refractivity (Wildman–Crippen MR) is 143 cm³/mol. The number of carboxylic acids is 1. The van der Waals surface area contributed by atoms with Gasteiger partial charge in [-0.25, -0.2) is 4.79 Å². The Labute approximate surface area is 198 Å². The van der Waals surface area contributed by atoms with E-state index in [1.54, 1.807) is 48.9 Å². The lowest BCUT2D eigenvalue weighted by Crippen LogP contribution is -2.42. The Morgan fingerprint density at radius 3 is 1.47 bits per heavy atom. The highest BCUT2D eigenvalue weighted by molar-refractivity contribution is 7.75. The number of hydrogen-bond donors (Lipinski definition) is 1. The molecule has 0 radical (unpaired) electrons. The van der Waals surface area contributed by atoms with Gasteiger partial charge in [-0.15, -0.1) is 0 Å². The molecule has 0 fully saturated rings. The predicted octanol–water partition coefficient (Wildman–Crippen LogP) is 7.72. The lowest BCUT2D eigenvalue weighted by atomic mass is 10.2. The molecule has 1 atom stereocenters. The molecule has 1 aromatic rings. The zero-order valence-electron chi connectivity index (χ0n) is 21.6. The van der Waals surface area contributed by atoms with E-state index < -0.39 is 19.3 Å². The molecule has 0 aliphatic carbocycles. The van der Waals surface area contributed by atoms with Gasteiger partial charge in [-0.1, -0.05) is 71.6 Å². The van der Waals surface area contributed by atoms with E-state index in [-0.39, 0.29) is 5.91 Å². The molecular weight excluding hydrogens is 417 g/mol. The van der Waals surface area contributed by atoms with Gasteiger partial charge in [0.1, 0.15) is 6.04 Å². The molecule has 1 amide bonds. The molecule has 0 bridgehead atoms. The molecule has 1 rings (SSSR count). The number of hydrogen-bond acceptors (Lipinski definition) is 2. The van der Waals surface area contributed by atoms with E-state index >= 15 is 0 Å². The summed E-state index contributed by atoms with van der Waals surface area (Å²) in [6.45, 7) is 12.3. The standard InChI is InChI=1S/C16H36P.C11H13NO3/c1-5-9-13-17(14-10-6-2,15-11-7-3)16-12-8-4;1-8(11(14)15)12(9(2)13)10-6-4-3-5-7-10/h5-16H2,1-4H3;3-8H,1-2H3,(H,14,15)/q+1;. The van der Waals surface area contributed by atoms with Crippen LogP contribution in [0.25, 0.3) is 0 Å². The van der Waals surface area contributed by atoms with Gasteiger partial charge in [0, 0.05) is 19.9 Å². The zero-order valence-corrected chi connectivity index (χ0v) is 22.5. The number of anilines is 1. The maximum absolute atomic E-state index is 11.4. The van der Waals surface area contributed by atoms with Gasteiger partial charge < -0.3 is 5.11 Å². The molecule has 0 heterocycles. The van der Waals surface area contributed by atoms with Crippen LogP contribution in [0.5, 0.6) is 0 Å². The zero-order chi connectivity index (χ0) is 24.4. The Hall–Kier alpha value is -1.41. The molecule has 1 unspecified atom stereocenters. The summed E-state index contributed by atoms with van der Waals surface area (Å²) in [4.78, 5) is 23.4. The Balaban J connectivity index is 0.000000604. The molecule has 0 aromatic heterocycles. The largest absolute Gasteiger partial charge is 0.480 e. The van der Waals surface area contributed by atoms with Crippen LogP contribution in [0.3, 0.4) is 0 Å². The van der Waals surface area contributed by atoms with Crippen molar-refractivity contribution in [3.63, 3.8) is 0 Å². The van der Waals surface area contributed by atoms with Crippen molar-refractivity contribution in [2.75, 3.05) is 29.5 Å². The van der Waals surface area contributed by atoms with E-state index in [2.05, 4.69) is 27.7 Å². The summed E-state index contributed by atoms with van der Waals surface area (Å²) in [6.07, 6.45) is 17.9. The van der Waals surface area contributed by atoms with Gasteiger partial charge >= 0.3 is 5.97 Å². The fourth-order valence-corrected chi connectivity index (χ4v) is 9.31. The van der Waals surface area contributed by atoms with Crippen LogP contribution in [0.2, 0.25) is 0 Å². The molecule has 0 saturated heterocycles. The van der Waals surface area contributed by atoms with Crippen molar-refractivity contribution in [3.8, 4) is 0 Å². The fraction of sp³-hybridized carbons (Fsp3) is 0.704. The third-order valence-electron chi connectivity index (χ3n) is 6.06. The van der Waals surface area contributed by atoms with Crippen LogP contribution in [0.15, 0.2) is 30.3 Å². The normalized spacial score (nSPS) is 11.9. The first-order valence-electron chi connectivity index (χ1n) is 12.7. The summed E-state index contributed by atoms with van der Waals surface area (Å²) < 4.78 is 0. The summed E-state index contributed by atoms with van der Waals surface area (Å²) >= 11 is 0. The van der Waals surface area contributed by atoms with Crippen molar-refractivity contribution in [1.82, 2.24) is 0 Å². The van der Waals surface area contributed by atoms with E-state index in [0.717, 1.165) is 0 Å². The van der Waals surface area contributed by atoms with Crippen molar-refractivity contribution in [2.45, 2.75) is 99.0 Å². The lowest BCUT2D eigenvalue weighted by molar-refractivity contribution is -0.139. The topological polar surface area (TPSA) is 57.6 Å². The van der Waals surface area contributed by atoms with Gasteiger partial charge in [-0.3, -0.25) is 9.69 Å². The fourth-order valence-electron chi connectivity index (χ4n) is 4.02. The number of rotatable bonds is 15. The summed E-state index contributed by atoms with van der Waals surface area (Å²) in [5.41, 5.74) is 0.597. The first-order chi connectivity index (χ1) is 15.3. The van der Waals surface area contributed by atoms with Crippen LogP contribution in [-0.4, -0.2) is 47.7 Å². The van der Waals surface area contributed by atoms with Crippen LogP contribution in [0.1, 0.15) is 92.9 Å². The number of carbonyl (C=O) groups is 2. The third-order valence-corrected chi connectivity index (χ3v) is 11.1. The molecule has 1 aromatic carbocycles. The molecule has 0 aliphatic heterocycles. The monoisotopic (exact) mass is 466 g/mol. The molecule has 0 aliphatic rings. The molecule has 4 nitrogen and oxygen atoms in total.